The van der Waals surface area contributed by atoms with Crippen LogP contribution in [0.15, 0.2) is 30.3 Å². The number of hydrogen-bond acceptors (Lipinski definition) is 0. The van der Waals surface area contributed by atoms with Gasteiger partial charge in [-0.1, -0.05) is 12.1 Å². The fourth-order valence-electron chi connectivity index (χ4n) is 1.39. The third kappa shape index (κ3) is 2.07. The molecule has 0 heterocycles. The minimum Gasteiger partial charge on any atom is -0.206 e. The monoisotopic (exact) mass is 333 g/mol. The lowest BCUT2D eigenvalue weighted by Gasteiger charge is -2.06. The molecule has 0 aliphatic rings. The molecule has 0 saturated carbocycles. The lowest BCUT2D eigenvalue weighted by Crippen LogP contribution is -1.93. The van der Waals surface area contributed by atoms with Crippen LogP contribution in [0.1, 0.15) is 0 Å². The minimum absolute atomic E-state index is 0.115. The Morgan fingerprint density at radius 1 is 0.938 bits per heavy atom. The quantitative estimate of drug-likeness (QED) is 0.687. The Morgan fingerprint density at radius 3 is 2.12 bits per heavy atom. The van der Waals surface area contributed by atoms with Crippen LogP contribution in [-0.4, -0.2) is 0 Å². The van der Waals surface area contributed by atoms with E-state index in [0.717, 1.165) is 12.1 Å². The third-order valence-electron chi connectivity index (χ3n) is 2.09. The zero-order valence-electron chi connectivity index (χ0n) is 7.90. The Kier molecular flexibility index (Phi) is 3.18. The van der Waals surface area contributed by atoms with Gasteiger partial charge in [-0.3, -0.25) is 0 Å². The van der Waals surface area contributed by atoms with Crippen molar-refractivity contribution >= 4 is 22.6 Å². The molecule has 0 saturated heterocycles. The summed E-state index contributed by atoms with van der Waals surface area (Å²) < 4.78 is 40.8. The molecule has 1 radical (unpaired) electrons. The summed E-state index contributed by atoms with van der Waals surface area (Å²) in [7, 11) is 0. The van der Waals surface area contributed by atoms with Crippen molar-refractivity contribution in [2.45, 2.75) is 0 Å². The number of rotatable bonds is 1. The third-order valence-corrected chi connectivity index (χ3v) is 2.72. The molecule has 0 spiro atoms. The second-order valence-electron chi connectivity index (χ2n) is 3.13. The average molecular weight is 333 g/mol. The SMILES string of the molecule is Fc1[c]c(I)ccc1-c1c(F)cccc1F. The molecule has 0 aliphatic heterocycles. The lowest BCUT2D eigenvalue weighted by atomic mass is 10.0. The summed E-state index contributed by atoms with van der Waals surface area (Å²) in [6, 6.07) is 8.69. The van der Waals surface area contributed by atoms with Gasteiger partial charge in [0.25, 0.3) is 0 Å². The highest BCUT2D eigenvalue weighted by Gasteiger charge is 2.14. The van der Waals surface area contributed by atoms with Gasteiger partial charge in [0.1, 0.15) is 17.5 Å². The number of benzene rings is 2. The predicted octanol–water partition coefficient (Wildman–Crippen LogP) is 4.18. The highest BCUT2D eigenvalue weighted by molar-refractivity contribution is 14.1. The first-order chi connectivity index (χ1) is 7.59. The second-order valence-corrected chi connectivity index (χ2v) is 4.29. The molecule has 4 heteroatoms. The van der Waals surface area contributed by atoms with Crippen molar-refractivity contribution in [2.75, 3.05) is 0 Å². The topological polar surface area (TPSA) is 0 Å². The van der Waals surface area contributed by atoms with Crippen LogP contribution in [-0.2, 0) is 0 Å². The van der Waals surface area contributed by atoms with Crippen LogP contribution in [0, 0.1) is 27.1 Å². The predicted molar refractivity (Wildman–Crippen MR) is 63.3 cm³/mol. The van der Waals surface area contributed by atoms with Crippen LogP contribution in [0.2, 0.25) is 0 Å². The molecule has 0 unspecified atom stereocenters. The molecule has 0 aliphatic carbocycles. The van der Waals surface area contributed by atoms with E-state index in [-0.39, 0.29) is 11.1 Å². The number of hydrogen-bond donors (Lipinski definition) is 0. The van der Waals surface area contributed by atoms with E-state index in [4.69, 9.17) is 0 Å². The van der Waals surface area contributed by atoms with E-state index in [1.54, 1.807) is 6.07 Å². The van der Waals surface area contributed by atoms with Gasteiger partial charge in [-0.25, -0.2) is 13.2 Å². The highest BCUT2D eigenvalue weighted by atomic mass is 127. The molecule has 2 aromatic rings. The van der Waals surface area contributed by atoms with Crippen LogP contribution in [0.5, 0.6) is 0 Å². The van der Waals surface area contributed by atoms with E-state index in [1.807, 2.05) is 22.6 Å². The Balaban J connectivity index is 2.68. The van der Waals surface area contributed by atoms with E-state index >= 15 is 0 Å². The standard InChI is InChI=1S/C12H5F3I/c13-9-2-1-3-10(14)12(9)8-5-4-7(16)6-11(8)15/h1-5H. The highest BCUT2D eigenvalue weighted by Crippen LogP contribution is 2.28. The van der Waals surface area contributed by atoms with Gasteiger partial charge < -0.3 is 0 Å². The molecule has 81 valence electrons. The van der Waals surface area contributed by atoms with E-state index in [1.165, 1.54) is 12.1 Å². The van der Waals surface area contributed by atoms with Crippen LogP contribution in [0.4, 0.5) is 13.2 Å². The first-order valence-corrected chi connectivity index (χ1v) is 5.49. The molecule has 16 heavy (non-hydrogen) atoms. The molecular formula is C12H5F3I. The molecule has 2 aromatic carbocycles. The van der Waals surface area contributed by atoms with Crippen LogP contribution >= 0.6 is 22.6 Å². The summed E-state index contributed by atoms with van der Waals surface area (Å²) in [6.45, 7) is 0. The van der Waals surface area contributed by atoms with Gasteiger partial charge in [-0.05, 0) is 40.8 Å². The van der Waals surface area contributed by atoms with E-state index in [2.05, 4.69) is 6.07 Å². The molecule has 0 N–H and O–H groups in total. The zero-order chi connectivity index (χ0) is 11.7. The van der Waals surface area contributed by atoms with E-state index in [9.17, 15) is 13.2 Å². The summed E-state index contributed by atoms with van der Waals surface area (Å²) in [6.07, 6.45) is 0. The smallest absolute Gasteiger partial charge is 0.140 e. The maximum absolute atomic E-state index is 13.5. The molecule has 0 atom stereocenters. The molecule has 2 rings (SSSR count). The molecule has 0 nitrogen and oxygen atoms in total. The fraction of sp³-hybridized carbons (Fsp3) is 0. The Hall–Kier alpha value is -1.04. The van der Waals surface area contributed by atoms with Crippen molar-refractivity contribution in [3.63, 3.8) is 0 Å². The van der Waals surface area contributed by atoms with Crippen LogP contribution in [0.25, 0.3) is 11.1 Å². The average Bonchev–Trinajstić information content (AvgIpc) is 2.20. The van der Waals surface area contributed by atoms with Gasteiger partial charge in [0, 0.05) is 15.2 Å². The van der Waals surface area contributed by atoms with E-state index in [0.29, 0.717) is 3.57 Å². The first-order valence-electron chi connectivity index (χ1n) is 4.41. The van der Waals surface area contributed by atoms with E-state index < -0.39 is 17.5 Å². The summed E-state index contributed by atoms with van der Waals surface area (Å²) in [5, 5.41) is 0. The molecule has 0 fully saturated rings. The summed E-state index contributed by atoms with van der Waals surface area (Å²) >= 11 is 1.88. The van der Waals surface area contributed by atoms with Gasteiger partial charge in [0.15, 0.2) is 0 Å². The largest absolute Gasteiger partial charge is 0.206 e. The van der Waals surface area contributed by atoms with Gasteiger partial charge in [0.05, 0.1) is 5.56 Å². The maximum Gasteiger partial charge on any atom is 0.140 e. The van der Waals surface area contributed by atoms with Gasteiger partial charge >= 0.3 is 0 Å². The molecule has 0 amide bonds. The van der Waals surface area contributed by atoms with Crippen molar-refractivity contribution in [2.24, 2.45) is 0 Å². The minimum atomic E-state index is -0.784. The Bertz CT molecular complexity index is 518. The molecule has 0 bridgehead atoms. The second kappa shape index (κ2) is 4.45. The fourth-order valence-corrected chi connectivity index (χ4v) is 1.81. The summed E-state index contributed by atoms with van der Waals surface area (Å²) in [5.41, 5.74) is -0.469. The Labute approximate surface area is 104 Å². The van der Waals surface area contributed by atoms with Gasteiger partial charge in [-0.2, -0.15) is 0 Å². The van der Waals surface area contributed by atoms with Crippen molar-refractivity contribution in [1.29, 1.82) is 0 Å². The maximum atomic E-state index is 13.5. The number of halogens is 4. The Morgan fingerprint density at radius 2 is 1.56 bits per heavy atom. The van der Waals surface area contributed by atoms with Crippen molar-refractivity contribution in [3.05, 3.63) is 57.4 Å². The van der Waals surface area contributed by atoms with Gasteiger partial charge in [0.2, 0.25) is 0 Å². The molecule has 0 aromatic heterocycles. The van der Waals surface area contributed by atoms with Crippen molar-refractivity contribution in [3.8, 4) is 11.1 Å². The lowest BCUT2D eigenvalue weighted by molar-refractivity contribution is 0.581. The normalized spacial score (nSPS) is 10.5. The van der Waals surface area contributed by atoms with Crippen molar-refractivity contribution in [1.82, 2.24) is 0 Å². The van der Waals surface area contributed by atoms with Crippen LogP contribution < -0.4 is 0 Å². The first kappa shape index (κ1) is 11.4. The summed E-state index contributed by atoms with van der Waals surface area (Å²) in [4.78, 5) is 0. The molecular weight excluding hydrogens is 328 g/mol. The van der Waals surface area contributed by atoms with Crippen molar-refractivity contribution < 1.29 is 13.2 Å². The zero-order valence-corrected chi connectivity index (χ0v) is 10.1. The van der Waals surface area contributed by atoms with Gasteiger partial charge in [-0.15, -0.1) is 0 Å². The summed E-state index contributed by atoms with van der Waals surface area (Å²) in [5.74, 6) is -2.32. The van der Waals surface area contributed by atoms with Crippen LogP contribution in [0.3, 0.4) is 0 Å².